The third-order valence-electron chi connectivity index (χ3n) is 4.39. The van der Waals surface area contributed by atoms with Crippen LogP contribution in [0.5, 0.6) is 0 Å². The number of carbonyl (C=O) groups excluding carboxylic acids is 2. The number of hydrogen-bond donors (Lipinski definition) is 3. The summed E-state index contributed by atoms with van der Waals surface area (Å²) in [7, 11) is 0. The number of nitrogens with one attached hydrogen (secondary N) is 2. The Labute approximate surface area is 160 Å². The van der Waals surface area contributed by atoms with Gasteiger partial charge in [-0.15, -0.1) is 5.10 Å². The molecule has 10 heteroatoms. The molecule has 2 heterocycles. The highest BCUT2D eigenvalue weighted by molar-refractivity contribution is 6.31. The van der Waals surface area contributed by atoms with Crippen molar-refractivity contribution in [2.24, 2.45) is 0 Å². The second kappa shape index (κ2) is 7.51. The Morgan fingerprint density at radius 1 is 1.44 bits per heavy atom. The van der Waals surface area contributed by atoms with Gasteiger partial charge in [-0.25, -0.2) is 4.39 Å². The van der Waals surface area contributed by atoms with Gasteiger partial charge in [-0.1, -0.05) is 23.7 Å². The molecule has 0 aliphatic carbocycles. The zero-order chi connectivity index (χ0) is 19.6. The van der Waals surface area contributed by atoms with Crippen LogP contribution in [0.3, 0.4) is 0 Å². The van der Waals surface area contributed by atoms with Gasteiger partial charge in [0.05, 0.1) is 17.0 Å². The normalized spacial score (nSPS) is 15.3. The molecule has 4 N–H and O–H groups in total. The van der Waals surface area contributed by atoms with Crippen molar-refractivity contribution in [1.29, 1.82) is 0 Å². The van der Waals surface area contributed by atoms with Crippen molar-refractivity contribution in [1.82, 2.24) is 25.4 Å². The van der Waals surface area contributed by atoms with Gasteiger partial charge in [0.25, 0.3) is 0 Å². The monoisotopic (exact) mass is 394 g/mol. The van der Waals surface area contributed by atoms with Gasteiger partial charge in [0, 0.05) is 19.5 Å². The maximum absolute atomic E-state index is 13.4. The maximum atomic E-state index is 13.4. The first-order valence-electron chi connectivity index (χ1n) is 8.44. The Morgan fingerprint density at radius 2 is 2.19 bits per heavy atom. The van der Waals surface area contributed by atoms with Crippen molar-refractivity contribution < 1.29 is 14.0 Å². The molecular weight excluding hydrogens is 375 g/mol. The summed E-state index contributed by atoms with van der Waals surface area (Å²) in [6.07, 6.45) is 0.623. The summed E-state index contributed by atoms with van der Waals surface area (Å²) in [5.41, 5.74) is 5.51. The first-order chi connectivity index (χ1) is 12.8. The molecule has 27 heavy (non-hydrogen) atoms. The first kappa shape index (κ1) is 19.1. The molecule has 0 saturated carbocycles. The topological polar surface area (TPSA) is 117 Å². The minimum Gasteiger partial charge on any atom is -0.367 e. The number of aryl methyl sites for hydroxylation is 1. The number of aromatic nitrogens is 3. The number of hydrogen-bond acceptors (Lipinski definition) is 5. The summed E-state index contributed by atoms with van der Waals surface area (Å²) in [4.78, 5) is 29.9. The fourth-order valence-corrected chi connectivity index (χ4v) is 3.34. The lowest BCUT2D eigenvalue weighted by Crippen LogP contribution is -2.69. The van der Waals surface area contributed by atoms with Crippen LogP contribution in [0.15, 0.2) is 18.2 Å². The van der Waals surface area contributed by atoms with E-state index in [0.29, 0.717) is 30.9 Å². The van der Waals surface area contributed by atoms with Gasteiger partial charge in [0.1, 0.15) is 11.6 Å². The lowest BCUT2D eigenvalue weighted by atomic mass is 9.91. The molecule has 3 rings (SSSR count). The average Bonchev–Trinajstić information content (AvgIpc) is 2.98. The number of anilines is 1. The summed E-state index contributed by atoms with van der Waals surface area (Å²) in [5, 5.41) is 9.19. The lowest BCUT2D eigenvalue weighted by Gasteiger charge is -2.48. The van der Waals surface area contributed by atoms with Gasteiger partial charge < -0.3 is 16.0 Å². The van der Waals surface area contributed by atoms with Crippen LogP contribution in [-0.2, 0) is 22.4 Å². The molecule has 0 unspecified atom stereocenters. The molecular formula is C17H20ClFN6O2. The van der Waals surface area contributed by atoms with E-state index in [2.05, 4.69) is 20.5 Å². The molecule has 8 nitrogen and oxygen atoms in total. The molecule has 0 radical (unpaired) electrons. The number of amides is 2. The van der Waals surface area contributed by atoms with Gasteiger partial charge in [0.15, 0.2) is 0 Å². The van der Waals surface area contributed by atoms with Gasteiger partial charge in [0.2, 0.25) is 17.8 Å². The number of nitrogens with zero attached hydrogens (tertiary/aromatic N) is 3. The predicted octanol–water partition coefficient (Wildman–Crippen LogP) is 1.07. The highest BCUT2D eigenvalue weighted by Crippen LogP contribution is 2.24. The zero-order valence-corrected chi connectivity index (χ0v) is 15.5. The number of nitrogen functional groups attached to an aromatic ring is 1. The fourth-order valence-electron chi connectivity index (χ4n) is 3.11. The third kappa shape index (κ3) is 4.54. The second-order valence-corrected chi connectivity index (χ2v) is 7.27. The first-order valence-corrected chi connectivity index (χ1v) is 8.82. The van der Waals surface area contributed by atoms with Crippen LogP contribution in [0.25, 0.3) is 0 Å². The Hall–Kier alpha value is -2.68. The Bertz CT molecular complexity index is 865. The number of halogens is 2. The molecule has 1 aromatic carbocycles. The zero-order valence-electron chi connectivity index (χ0n) is 14.8. The number of carbonyl (C=O) groups is 2. The van der Waals surface area contributed by atoms with Gasteiger partial charge in [-0.2, -0.15) is 4.98 Å². The van der Waals surface area contributed by atoms with E-state index >= 15 is 0 Å². The van der Waals surface area contributed by atoms with Gasteiger partial charge in [-0.05, 0) is 25.0 Å². The summed E-state index contributed by atoms with van der Waals surface area (Å²) in [6.45, 7) is 2.69. The molecule has 0 bridgehead atoms. The Balaban J connectivity index is 1.45. The SMILES string of the molecule is CC1(NC(=O)Cc2nc(N)n[nH]2)CN(C(=O)CCc2cccc(F)c2Cl)C1. The average molecular weight is 395 g/mol. The van der Waals surface area contributed by atoms with Crippen LogP contribution < -0.4 is 11.1 Å². The highest BCUT2D eigenvalue weighted by Gasteiger charge is 2.42. The Morgan fingerprint density at radius 3 is 2.85 bits per heavy atom. The highest BCUT2D eigenvalue weighted by atomic mass is 35.5. The number of aromatic amines is 1. The van der Waals surface area contributed by atoms with Crippen molar-refractivity contribution >= 4 is 29.4 Å². The molecule has 2 amide bonds. The minimum atomic E-state index is -0.491. The largest absolute Gasteiger partial charge is 0.367 e. The lowest BCUT2D eigenvalue weighted by molar-refractivity contribution is -0.142. The summed E-state index contributed by atoms with van der Waals surface area (Å²) < 4.78 is 13.4. The molecule has 144 valence electrons. The number of H-pyrrole nitrogens is 1. The van der Waals surface area contributed by atoms with E-state index in [9.17, 15) is 14.0 Å². The number of nitrogens with two attached hydrogens (primary N) is 1. The third-order valence-corrected chi connectivity index (χ3v) is 4.81. The standard InChI is InChI=1S/C17H20ClFN6O2/c1-17(22-13(26)7-12-21-16(20)24-23-12)8-25(9-17)14(27)6-5-10-3-2-4-11(19)15(10)18/h2-4H,5-9H2,1H3,(H,22,26)(H3,20,21,23,24). The molecule has 1 aromatic heterocycles. The van der Waals surface area contributed by atoms with Crippen molar-refractivity contribution in [3.05, 3.63) is 40.4 Å². The Kier molecular flexibility index (Phi) is 5.31. The van der Waals surface area contributed by atoms with Crippen LogP contribution in [0.4, 0.5) is 10.3 Å². The minimum absolute atomic E-state index is 0.0335. The summed E-state index contributed by atoms with van der Waals surface area (Å²) in [6, 6.07) is 4.55. The number of benzene rings is 1. The number of likely N-dealkylation sites (tertiary alicyclic amines) is 1. The maximum Gasteiger partial charge on any atom is 0.239 e. The number of rotatable bonds is 6. The smallest absolute Gasteiger partial charge is 0.239 e. The van der Waals surface area contributed by atoms with Crippen LogP contribution >= 0.6 is 11.6 Å². The van der Waals surface area contributed by atoms with E-state index in [-0.39, 0.29) is 35.6 Å². The van der Waals surface area contributed by atoms with E-state index in [1.54, 1.807) is 17.0 Å². The van der Waals surface area contributed by atoms with E-state index in [4.69, 9.17) is 17.3 Å². The van der Waals surface area contributed by atoms with Crippen molar-refractivity contribution in [2.75, 3.05) is 18.8 Å². The van der Waals surface area contributed by atoms with Crippen molar-refractivity contribution in [3.63, 3.8) is 0 Å². The van der Waals surface area contributed by atoms with Crippen LogP contribution in [-0.4, -0.2) is 50.5 Å². The van der Waals surface area contributed by atoms with Crippen molar-refractivity contribution in [3.8, 4) is 0 Å². The van der Waals surface area contributed by atoms with Crippen LogP contribution in [0, 0.1) is 5.82 Å². The van der Waals surface area contributed by atoms with Crippen LogP contribution in [0.2, 0.25) is 5.02 Å². The van der Waals surface area contributed by atoms with E-state index in [1.165, 1.54) is 6.07 Å². The van der Waals surface area contributed by atoms with E-state index < -0.39 is 11.4 Å². The molecule has 1 saturated heterocycles. The summed E-state index contributed by atoms with van der Waals surface area (Å²) >= 11 is 5.91. The van der Waals surface area contributed by atoms with Gasteiger partial charge >= 0.3 is 0 Å². The quantitative estimate of drug-likeness (QED) is 0.677. The summed E-state index contributed by atoms with van der Waals surface area (Å²) in [5.74, 6) is -0.317. The predicted molar refractivity (Wildman–Crippen MR) is 97.4 cm³/mol. The van der Waals surface area contributed by atoms with Gasteiger partial charge in [-0.3, -0.25) is 14.7 Å². The molecule has 0 atom stereocenters. The molecule has 1 fully saturated rings. The fraction of sp³-hybridized carbons (Fsp3) is 0.412. The second-order valence-electron chi connectivity index (χ2n) is 6.89. The van der Waals surface area contributed by atoms with Crippen molar-refractivity contribution in [2.45, 2.75) is 31.7 Å². The van der Waals surface area contributed by atoms with Crippen LogP contribution in [0.1, 0.15) is 24.7 Å². The molecule has 1 aliphatic rings. The molecule has 1 aliphatic heterocycles. The molecule has 2 aromatic rings. The van der Waals surface area contributed by atoms with E-state index in [1.807, 2.05) is 6.92 Å². The molecule has 0 spiro atoms. The van der Waals surface area contributed by atoms with E-state index in [0.717, 1.165) is 0 Å².